The first-order chi connectivity index (χ1) is 15.1. The standard InChI is InChI=1S/C22H15BrClF3N2O3/c23-15-6-9-19(18(24)11-15)32-12-20(30)28-16-7-4-13(5-8-16)21(31)29-17-3-1-2-14(10-17)22(25,26)27/h1-11H,12H2,(H,28,30)(H,29,31). The fourth-order valence-corrected chi connectivity index (χ4v) is 3.34. The van der Waals surface area contributed by atoms with Crippen molar-refractivity contribution in [3.63, 3.8) is 0 Å². The Kier molecular flexibility index (Phi) is 7.42. The molecule has 0 spiro atoms. The van der Waals surface area contributed by atoms with Crippen LogP contribution in [-0.2, 0) is 11.0 Å². The first-order valence-electron chi connectivity index (χ1n) is 9.08. The van der Waals surface area contributed by atoms with Gasteiger partial charge in [-0.25, -0.2) is 0 Å². The van der Waals surface area contributed by atoms with E-state index in [9.17, 15) is 22.8 Å². The molecular formula is C22H15BrClF3N2O3. The van der Waals surface area contributed by atoms with Crippen molar-refractivity contribution in [2.75, 3.05) is 17.2 Å². The van der Waals surface area contributed by atoms with Gasteiger partial charge in [0.1, 0.15) is 5.75 Å². The van der Waals surface area contributed by atoms with Crippen LogP contribution >= 0.6 is 27.5 Å². The minimum Gasteiger partial charge on any atom is -0.482 e. The second kappa shape index (κ2) is 10.1. The number of hydrogen-bond acceptors (Lipinski definition) is 3. The molecule has 166 valence electrons. The highest BCUT2D eigenvalue weighted by Gasteiger charge is 2.30. The molecule has 0 aliphatic rings. The van der Waals surface area contributed by atoms with Crippen molar-refractivity contribution in [2.45, 2.75) is 6.18 Å². The molecule has 5 nitrogen and oxygen atoms in total. The van der Waals surface area contributed by atoms with E-state index in [0.29, 0.717) is 16.5 Å². The average Bonchev–Trinajstić information content (AvgIpc) is 2.73. The summed E-state index contributed by atoms with van der Waals surface area (Å²) in [6, 6.07) is 15.2. The van der Waals surface area contributed by atoms with Crippen LogP contribution in [0.25, 0.3) is 0 Å². The van der Waals surface area contributed by atoms with Crippen LogP contribution in [0.1, 0.15) is 15.9 Å². The molecule has 0 aromatic heterocycles. The molecule has 2 N–H and O–H groups in total. The molecule has 0 radical (unpaired) electrons. The molecule has 3 rings (SSSR count). The van der Waals surface area contributed by atoms with Gasteiger partial charge in [-0.1, -0.05) is 33.6 Å². The number of benzene rings is 3. The summed E-state index contributed by atoms with van der Waals surface area (Å²) >= 11 is 9.30. The van der Waals surface area contributed by atoms with Gasteiger partial charge in [0.2, 0.25) is 0 Å². The van der Waals surface area contributed by atoms with E-state index < -0.39 is 23.6 Å². The molecule has 0 fully saturated rings. The molecule has 0 heterocycles. The van der Waals surface area contributed by atoms with Gasteiger partial charge in [-0.2, -0.15) is 13.2 Å². The number of carbonyl (C=O) groups excluding carboxylic acids is 2. The zero-order chi connectivity index (χ0) is 23.3. The largest absolute Gasteiger partial charge is 0.482 e. The molecule has 10 heteroatoms. The maximum Gasteiger partial charge on any atom is 0.416 e. The van der Waals surface area contributed by atoms with Crippen molar-refractivity contribution < 1.29 is 27.5 Å². The highest BCUT2D eigenvalue weighted by Crippen LogP contribution is 2.31. The fraction of sp³-hybridized carbons (Fsp3) is 0.0909. The quantitative estimate of drug-likeness (QED) is 0.390. The third-order valence-electron chi connectivity index (χ3n) is 4.13. The van der Waals surface area contributed by atoms with Gasteiger partial charge in [-0.15, -0.1) is 0 Å². The van der Waals surface area contributed by atoms with E-state index in [0.717, 1.165) is 16.6 Å². The van der Waals surface area contributed by atoms with E-state index in [1.165, 1.54) is 36.4 Å². The van der Waals surface area contributed by atoms with Crippen LogP contribution in [0.2, 0.25) is 5.02 Å². The van der Waals surface area contributed by atoms with E-state index in [1.807, 2.05) is 0 Å². The van der Waals surface area contributed by atoms with Crippen molar-refractivity contribution in [1.82, 2.24) is 0 Å². The highest BCUT2D eigenvalue weighted by atomic mass is 79.9. The monoisotopic (exact) mass is 526 g/mol. The van der Waals surface area contributed by atoms with Crippen molar-refractivity contribution in [1.29, 1.82) is 0 Å². The summed E-state index contributed by atoms with van der Waals surface area (Å²) in [7, 11) is 0. The lowest BCUT2D eigenvalue weighted by molar-refractivity contribution is -0.137. The van der Waals surface area contributed by atoms with Crippen LogP contribution in [0.3, 0.4) is 0 Å². The predicted molar refractivity (Wildman–Crippen MR) is 119 cm³/mol. The van der Waals surface area contributed by atoms with Crippen LogP contribution in [0.4, 0.5) is 24.5 Å². The Morgan fingerprint density at radius 1 is 0.938 bits per heavy atom. The number of rotatable bonds is 6. The van der Waals surface area contributed by atoms with Gasteiger partial charge in [-0.05, 0) is 60.7 Å². The van der Waals surface area contributed by atoms with Crippen LogP contribution in [0.5, 0.6) is 5.75 Å². The number of amides is 2. The van der Waals surface area contributed by atoms with Gasteiger partial charge >= 0.3 is 6.18 Å². The number of halogens is 5. The number of nitrogens with one attached hydrogen (secondary N) is 2. The van der Waals surface area contributed by atoms with Gasteiger partial charge in [0, 0.05) is 21.4 Å². The third kappa shape index (κ3) is 6.48. The summed E-state index contributed by atoms with van der Waals surface area (Å²) < 4.78 is 44.6. The Hall–Kier alpha value is -3.04. The minimum atomic E-state index is -4.51. The van der Waals surface area contributed by atoms with Crippen molar-refractivity contribution in [3.05, 3.63) is 87.4 Å². The van der Waals surface area contributed by atoms with Crippen LogP contribution in [0, 0.1) is 0 Å². The number of carbonyl (C=O) groups is 2. The molecule has 0 atom stereocenters. The molecule has 3 aromatic carbocycles. The van der Waals surface area contributed by atoms with E-state index in [-0.39, 0.29) is 17.9 Å². The summed E-state index contributed by atoms with van der Waals surface area (Å²) in [5.74, 6) is -0.674. The Balaban J connectivity index is 1.56. The lowest BCUT2D eigenvalue weighted by Crippen LogP contribution is -2.20. The summed E-state index contributed by atoms with van der Waals surface area (Å²) in [4.78, 5) is 24.4. The number of anilines is 2. The second-order valence-corrected chi connectivity index (χ2v) is 7.84. The van der Waals surface area contributed by atoms with E-state index in [1.54, 1.807) is 18.2 Å². The van der Waals surface area contributed by atoms with Crippen molar-refractivity contribution >= 4 is 50.7 Å². The molecule has 3 aromatic rings. The first-order valence-corrected chi connectivity index (χ1v) is 10.3. The number of alkyl halides is 3. The van der Waals surface area contributed by atoms with Gasteiger partial charge in [0.15, 0.2) is 6.61 Å². The Labute approximate surface area is 194 Å². The number of ether oxygens (including phenoxy) is 1. The molecular weight excluding hydrogens is 513 g/mol. The summed E-state index contributed by atoms with van der Waals surface area (Å²) in [5.41, 5.74) is -0.222. The Morgan fingerprint density at radius 3 is 2.31 bits per heavy atom. The fourth-order valence-electron chi connectivity index (χ4n) is 2.61. The predicted octanol–water partition coefficient (Wildman–Crippen LogP) is 6.39. The van der Waals surface area contributed by atoms with Gasteiger partial charge in [-0.3, -0.25) is 9.59 Å². The summed E-state index contributed by atoms with van der Waals surface area (Å²) in [5, 5.41) is 5.38. The lowest BCUT2D eigenvalue weighted by Gasteiger charge is -2.11. The normalized spacial score (nSPS) is 11.0. The molecule has 0 saturated heterocycles. The molecule has 0 aliphatic carbocycles. The lowest BCUT2D eigenvalue weighted by atomic mass is 10.1. The van der Waals surface area contributed by atoms with E-state index >= 15 is 0 Å². The highest BCUT2D eigenvalue weighted by molar-refractivity contribution is 9.10. The Bertz CT molecular complexity index is 1140. The molecule has 32 heavy (non-hydrogen) atoms. The molecule has 0 aliphatic heterocycles. The maximum atomic E-state index is 12.8. The topological polar surface area (TPSA) is 67.4 Å². The zero-order valence-corrected chi connectivity index (χ0v) is 18.5. The maximum absolute atomic E-state index is 12.8. The smallest absolute Gasteiger partial charge is 0.416 e. The van der Waals surface area contributed by atoms with Crippen molar-refractivity contribution in [3.8, 4) is 5.75 Å². The molecule has 0 unspecified atom stereocenters. The Morgan fingerprint density at radius 2 is 1.66 bits per heavy atom. The number of hydrogen-bond donors (Lipinski definition) is 2. The SMILES string of the molecule is O=C(COc1ccc(Br)cc1Cl)Nc1ccc(C(=O)Nc2cccc(C(F)(F)F)c2)cc1. The van der Waals surface area contributed by atoms with Gasteiger partial charge in [0.25, 0.3) is 11.8 Å². The van der Waals surface area contributed by atoms with Crippen LogP contribution < -0.4 is 15.4 Å². The van der Waals surface area contributed by atoms with E-state index in [4.69, 9.17) is 16.3 Å². The van der Waals surface area contributed by atoms with E-state index in [2.05, 4.69) is 26.6 Å². The molecule has 2 amide bonds. The molecule has 0 bridgehead atoms. The van der Waals surface area contributed by atoms with Crippen LogP contribution in [-0.4, -0.2) is 18.4 Å². The van der Waals surface area contributed by atoms with Crippen molar-refractivity contribution in [2.24, 2.45) is 0 Å². The third-order valence-corrected chi connectivity index (χ3v) is 4.92. The minimum absolute atomic E-state index is 0.0194. The first kappa shape index (κ1) is 23.6. The van der Waals surface area contributed by atoms with Gasteiger partial charge in [0.05, 0.1) is 10.6 Å². The second-order valence-electron chi connectivity index (χ2n) is 6.52. The summed E-state index contributed by atoms with van der Waals surface area (Å²) in [6.45, 7) is -0.279. The summed E-state index contributed by atoms with van der Waals surface area (Å²) in [6.07, 6.45) is -4.51. The average molecular weight is 528 g/mol. The van der Waals surface area contributed by atoms with Gasteiger partial charge < -0.3 is 15.4 Å². The van der Waals surface area contributed by atoms with Crippen LogP contribution in [0.15, 0.2) is 71.2 Å². The zero-order valence-electron chi connectivity index (χ0n) is 16.2. The molecule has 0 saturated carbocycles.